The molecule has 0 heterocycles. The zero-order valence-corrected chi connectivity index (χ0v) is 7.73. The fourth-order valence-electron chi connectivity index (χ4n) is 0.948. The fourth-order valence-corrected chi connectivity index (χ4v) is 1.53. The Morgan fingerprint density at radius 1 is 1.20 bits per heavy atom. The van der Waals surface area contributed by atoms with E-state index >= 15 is 0 Å². The molecule has 0 fully saturated rings. The second-order valence-corrected chi connectivity index (χ2v) is 3.90. The lowest BCUT2D eigenvalue weighted by molar-refractivity contribution is -0.139. The van der Waals surface area contributed by atoms with Gasteiger partial charge in [-0.05, 0) is 12.1 Å². The molecular formula is C7H4F4O3S. The number of phenolic OH excluding ortho intramolecular Hbond substituents is 1. The Morgan fingerprint density at radius 3 is 2.13 bits per heavy atom. The van der Waals surface area contributed by atoms with Crippen molar-refractivity contribution in [3.8, 4) is 5.75 Å². The van der Waals surface area contributed by atoms with Crippen LogP contribution >= 0.6 is 0 Å². The van der Waals surface area contributed by atoms with Crippen LogP contribution in [0.5, 0.6) is 5.75 Å². The van der Waals surface area contributed by atoms with Gasteiger partial charge in [0.1, 0.15) is 10.6 Å². The van der Waals surface area contributed by atoms with Gasteiger partial charge in [0.05, 0.1) is 5.56 Å². The molecule has 0 aliphatic rings. The number of benzene rings is 1. The second kappa shape index (κ2) is 3.37. The van der Waals surface area contributed by atoms with Gasteiger partial charge >= 0.3 is 16.4 Å². The van der Waals surface area contributed by atoms with Gasteiger partial charge in [-0.2, -0.15) is 21.6 Å². The summed E-state index contributed by atoms with van der Waals surface area (Å²) in [6.45, 7) is 0. The van der Waals surface area contributed by atoms with Gasteiger partial charge in [-0.1, -0.05) is 6.07 Å². The van der Waals surface area contributed by atoms with E-state index in [2.05, 4.69) is 0 Å². The minimum atomic E-state index is -5.37. The van der Waals surface area contributed by atoms with E-state index in [1.54, 1.807) is 0 Å². The largest absolute Gasteiger partial charge is 0.506 e. The number of rotatable bonds is 1. The first-order valence-corrected chi connectivity index (χ1v) is 4.86. The van der Waals surface area contributed by atoms with Crippen LogP contribution in [-0.2, 0) is 16.4 Å². The Morgan fingerprint density at radius 2 is 1.73 bits per heavy atom. The predicted molar refractivity (Wildman–Crippen MR) is 41.4 cm³/mol. The summed E-state index contributed by atoms with van der Waals surface area (Å²) in [5, 5.41) is 8.92. The van der Waals surface area contributed by atoms with Gasteiger partial charge in [0.2, 0.25) is 0 Å². The molecule has 0 saturated carbocycles. The summed E-state index contributed by atoms with van der Waals surface area (Å²) < 4.78 is 69.5. The van der Waals surface area contributed by atoms with Crippen LogP contribution in [0.3, 0.4) is 0 Å². The van der Waals surface area contributed by atoms with Gasteiger partial charge in [0.15, 0.2) is 0 Å². The Hall–Kier alpha value is -1.31. The molecule has 0 aromatic heterocycles. The van der Waals surface area contributed by atoms with Crippen molar-refractivity contribution in [3.63, 3.8) is 0 Å². The van der Waals surface area contributed by atoms with Crippen molar-refractivity contribution in [1.29, 1.82) is 0 Å². The van der Waals surface area contributed by atoms with Crippen molar-refractivity contribution in [2.24, 2.45) is 0 Å². The summed E-state index contributed by atoms with van der Waals surface area (Å²) in [5.41, 5.74) is -1.60. The maximum absolute atomic E-state index is 12.4. The molecular weight excluding hydrogens is 240 g/mol. The van der Waals surface area contributed by atoms with E-state index < -0.39 is 32.6 Å². The lowest BCUT2D eigenvalue weighted by Gasteiger charge is -2.09. The van der Waals surface area contributed by atoms with Crippen molar-refractivity contribution < 1.29 is 30.6 Å². The monoisotopic (exact) mass is 244 g/mol. The van der Waals surface area contributed by atoms with Crippen molar-refractivity contribution in [2.75, 3.05) is 0 Å². The van der Waals surface area contributed by atoms with Crippen molar-refractivity contribution in [2.45, 2.75) is 11.1 Å². The minimum absolute atomic E-state index is 0.448. The molecule has 0 radical (unpaired) electrons. The minimum Gasteiger partial charge on any atom is -0.506 e. The average Bonchev–Trinajstić information content (AvgIpc) is 1.99. The zero-order valence-electron chi connectivity index (χ0n) is 6.92. The number of phenols is 1. The smallest absolute Gasteiger partial charge is 0.420 e. The molecule has 0 saturated heterocycles. The summed E-state index contributed by atoms with van der Waals surface area (Å²) in [6.07, 6.45) is -4.94. The van der Waals surface area contributed by atoms with Gasteiger partial charge in [-0.15, -0.1) is 3.89 Å². The highest BCUT2D eigenvalue weighted by molar-refractivity contribution is 7.86. The molecule has 0 atom stereocenters. The number of hydrogen-bond donors (Lipinski definition) is 1. The van der Waals surface area contributed by atoms with Crippen molar-refractivity contribution in [3.05, 3.63) is 23.8 Å². The van der Waals surface area contributed by atoms with Crippen LogP contribution in [0.1, 0.15) is 5.56 Å². The summed E-state index contributed by atoms with van der Waals surface area (Å²) in [4.78, 5) is -1.39. The normalized spacial score (nSPS) is 12.8. The third-order valence-corrected chi connectivity index (χ3v) is 2.42. The Bertz CT molecular complexity index is 477. The fraction of sp³-hybridized carbons (Fsp3) is 0.143. The van der Waals surface area contributed by atoms with Crippen LogP contribution in [0.25, 0.3) is 0 Å². The van der Waals surface area contributed by atoms with Crippen molar-refractivity contribution in [1.82, 2.24) is 0 Å². The highest BCUT2D eigenvalue weighted by Crippen LogP contribution is 2.39. The number of para-hydroxylation sites is 1. The predicted octanol–water partition coefficient (Wildman–Crippen LogP) is 2.07. The molecule has 8 heteroatoms. The standard InChI is InChI=1S/C7H4F4O3S/c8-7(9,10)4-2-1-3-5(6(4)12)15(11,13)14/h1-3,12H. The van der Waals surface area contributed by atoms with Gasteiger partial charge < -0.3 is 5.11 Å². The van der Waals surface area contributed by atoms with E-state index in [1.165, 1.54) is 0 Å². The number of halogens is 4. The first kappa shape index (κ1) is 11.8. The first-order valence-electron chi connectivity index (χ1n) is 3.48. The van der Waals surface area contributed by atoms with E-state index in [-0.39, 0.29) is 0 Å². The topological polar surface area (TPSA) is 54.4 Å². The Kier molecular flexibility index (Phi) is 2.64. The number of aromatic hydroxyl groups is 1. The molecule has 0 aliphatic carbocycles. The molecule has 3 nitrogen and oxygen atoms in total. The van der Waals surface area contributed by atoms with Gasteiger partial charge in [-0.25, -0.2) is 0 Å². The third kappa shape index (κ3) is 2.38. The lowest BCUT2D eigenvalue weighted by Crippen LogP contribution is -2.07. The first-order chi connectivity index (χ1) is 6.64. The summed E-state index contributed by atoms with van der Waals surface area (Å²) in [6, 6.07) is 1.68. The van der Waals surface area contributed by atoms with Crippen LogP contribution < -0.4 is 0 Å². The molecule has 1 N–H and O–H groups in total. The SMILES string of the molecule is O=S(=O)(F)c1cccc(C(F)(F)F)c1O. The molecule has 84 valence electrons. The summed E-state index contributed by atoms with van der Waals surface area (Å²) >= 11 is 0. The van der Waals surface area contributed by atoms with Crippen LogP contribution in [0.2, 0.25) is 0 Å². The lowest BCUT2D eigenvalue weighted by atomic mass is 10.2. The molecule has 15 heavy (non-hydrogen) atoms. The molecule has 0 unspecified atom stereocenters. The molecule has 1 aromatic carbocycles. The van der Waals surface area contributed by atoms with Crippen LogP contribution in [0.15, 0.2) is 23.1 Å². The summed E-state index contributed by atoms with van der Waals surface area (Å²) in [7, 11) is -5.37. The molecule has 1 rings (SSSR count). The van der Waals surface area contributed by atoms with Crippen molar-refractivity contribution >= 4 is 10.2 Å². The van der Waals surface area contributed by atoms with E-state index in [9.17, 15) is 25.5 Å². The number of alkyl halides is 3. The maximum atomic E-state index is 12.4. The summed E-state index contributed by atoms with van der Waals surface area (Å²) in [5.74, 6) is -1.63. The quantitative estimate of drug-likeness (QED) is 0.607. The second-order valence-electron chi connectivity index (χ2n) is 2.59. The molecule has 0 spiro atoms. The van der Waals surface area contributed by atoms with Gasteiger partial charge in [0.25, 0.3) is 0 Å². The highest BCUT2D eigenvalue weighted by atomic mass is 32.3. The van der Waals surface area contributed by atoms with E-state index in [0.717, 1.165) is 0 Å². The zero-order chi connectivity index (χ0) is 11.9. The Balaban J connectivity index is 3.51. The molecule has 0 amide bonds. The van der Waals surface area contributed by atoms with Gasteiger partial charge in [-0.3, -0.25) is 0 Å². The molecule has 0 aliphatic heterocycles. The average molecular weight is 244 g/mol. The van der Waals surface area contributed by atoms with Crippen LogP contribution in [0, 0.1) is 0 Å². The maximum Gasteiger partial charge on any atom is 0.420 e. The van der Waals surface area contributed by atoms with Gasteiger partial charge in [0, 0.05) is 0 Å². The van der Waals surface area contributed by atoms with Crippen LogP contribution in [-0.4, -0.2) is 13.5 Å². The van der Waals surface area contributed by atoms with Crippen LogP contribution in [0.4, 0.5) is 17.1 Å². The Labute approximate surface area is 82.2 Å². The third-order valence-electron chi connectivity index (χ3n) is 1.57. The van der Waals surface area contributed by atoms with E-state index in [1.807, 2.05) is 0 Å². The van der Waals surface area contributed by atoms with E-state index in [4.69, 9.17) is 5.11 Å². The molecule has 0 bridgehead atoms. The van der Waals surface area contributed by atoms with E-state index in [0.29, 0.717) is 18.2 Å². The number of hydrogen-bond acceptors (Lipinski definition) is 3. The highest BCUT2D eigenvalue weighted by Gasteiger charge is 2.36. The molecule has 1 aromatic rings.